The zero-order valence-electron chi connectivity index (χ0n) is 8.99. The maximum atomic E-state index is 11.3. The predicted molar refractivity (Wildman–Crippen MR) is 58.3 cm³/mol. The fourth-order valence-corrected chi connectivity index (χ4v) is 1.90. The standard InChI is InChI=1S/C10H15NO3S/c1-3-14-10(12)8-7-15-9(11-8)5-4-6-13-2/h7H,3-6H2,1-2H3. The number of aromatic nitrogens is 1. The number of methoxy groups -OCH3 is 1. The van der Waals surface area contributed by atoms with Gasteiger partial charge in [0.1, 0.15) is 0 Å². The number of hydrogen-bond donors (Lipinski definition) is 0. The summed E-state index contributed by atoms with van der Waals surface area (Å²) in [6.45, 7) is 2.88. The molecule has 0 aliphatic carbocycles. The Morgan fingerprint density at radius 3 is 3.07 bits per heavy atom. The molecular weight excluding hydrogens is 214 g/mol. The molecular formula is C10H15NO3S. The van der Waals surface area contributed by atoms with Crippen LogP contribution in [0.5, 0.6) is 0 Å². The number of carbonyl (C=O) groups excluding carboxylic acids is 1. The summed E-state index contributed by atoms with van der Waals surface area (Å²) in [7, 11) is 1.67. The van der Waals surface area contributed by atoms with Crippen LogP contribution < -0.4 is 0 Å². The zero-order valence-corrected chi connectivity index (χ0v) is 9.80. The van der Waals surface area contributed by atoms with Gasteiger partial charge in [0.05, 0.1) is 11.6 Å². The second-order valence-corrected chi connectivity index (χ2v) is 3.89. The third-order valence-electron chi connectivity index (χ3n) is 1.78. The van der Waals surface area contributed by atoms with Crippen LogP contribution in [0.25, 0.3) is 0 Å². The van der Waals surface area contributed by atoms with Crippen LogP contribution in [0.1, 0.15) is 28.8 Å². The van der Waals surface area contributed by atoms with Crippen LogP contribution in [0.15, 0.2) is 5.38 Å². The fraction of sp³-hybridized carbons (Fsp3) is 0.600. The monoisotopic (exact) mass is 229 g/mol. The van der Waals surface area contributed by atoms with E-state index < -0.39 is 0 Å². The normalized spacial score (nSPS) is 10.3. The van der Waals surface area contributed by atoms with Gasteiger partial charge in [0.25, 0.3) is 0 Å². The summed E-state index contributed by atoms with van der Waals surface area (Å²) in [4.78, 5) is 15.5. The third kappa shape index (κ3) is 3.97. The Hall–Kier alpha value is -0.940. The number of aryl methyl sites for hydroxylation is 1. The topological polar surface area (TPSA) is 48.4 Å². The first-order valence-corrected chi connectivity index (χ1v) is 5.76. The quantitative estimate of drug-likeness (QED) is 0.552. The Kier molecular flexibility index (Phi) is 5.28. The van der Waals surface area contributed by atoms with E-state index in [0.717, 1.165) is 17.8 Å². The summed E-state index contributed by atoms with van der Waals surface area (Å²) < 4.78 is 9.79. The average Bonchev–Trinajstić information content (AvgIpc) is 2.67. The van der Waals surface area contributed by atoms with Crippen LogP contribution in [-0.2, 0) is 15.9 Å². The molecule has 0 saturated carbocycles. The van der Waals surface area contributed by atoms with Gasteiger partial charge in [-0.3, -0.25) is 0 Å². The van der Waals surface area contributed by atoms with E-state index in [-0.39, 0.29) is 5.97 Å². The van der Waals surface area contributed by atoms with Crippen molar-refractivity contribution in [2.75, 3.05) is 20.3 Å². The molecule has 5 heteroatoms. The van der Waals surface area contributed by atoms with Crippen molar-refractivity contribution >= 4 is 17.3 Å². The van der Waals surface area contributed by atoms with Gasteiger partial charge in [-0.25, -0.2) is 9.78 Å². The largest absolute Gasteiger partial charge is 0.461 e. The Labute approximate surface area is 93.2 Å². The van der Waals surface area contributed by atoms with Gasteiger partial charge in [-0.05, 0) is 13.3 Å². The van der Waals surface area contributed by atoms with Gasteiger partial charge >= 0.3 is 5.97 Å². The van der Waals surface area contributed by atoms with E-state index >= 15 is 0 Å². The van der Waals surface area contributed by atoms with E-state index in [1.165, 1.54) is 11.3 Å². The highest BCUT2D eigenvalue weighted by molar-refractivity contribution is 7.09. The van der Waals surface area contributed by atoms with Gasteiger partial charge < -0.3 is 9.47 Å². The lowest BCUT2D eigenvalue weighted by molar-refractivity contribution is 0.0520. The van der Waals surface area contributed by atoms with E-state index in [1.54, 1.807) is 19.4 Å². The van der Waals surface area contributed by atoms with Crippen molar-refractivity contribution in [1.29, 1.82) is 0 Å². The molecule has 0 N–H and O–H groups in total. The molecule has 0 aliphatic rings. The highest BCUT2D eigenvalue weighted by atomic mass is 32.1. The van der Waals surface area contributed by atoms with Crippen molar-refractivity contribution in [3.05, 3.63) is 16.1 Å². The Morgan fingerprint density at radius 1 is 1.60 bits per heavy atom. The number of nitrogens with zero attached hydrogens (tertiary/aromatic N) is 1. The van der Waals surface area contributed by atoms with Crippen LogP contribution in [-0.4, -0.2) is 31.3 Å². The lowest BCUT2D eigenvalue weighted by Gasteiger charge is -1.97. The molecule has 0 spiro atoms. The molecule has 1 aromatic rings. The van der Waals surface area contributed by atoms with E-state index in [9.17, 15) is 4.79 Å². The second-order valence-electron chi connectivity index (χ2n) is 2.94. The Morgan fingerprint density at radius 2 is 2.40 bits per heavy atom. The van der Waals surface area contributed by atoms with E-state index in [4.69, 9.17) is 9.47 Å². The molecule has 0 aromatic carbocycles. The van der Waals surface area contributed by atoms with Crippen molar-refractivity contribution in [2.45, 2.75) is 19.8 Å². The minimum atomic E-state index is -0.341. The maximum Gasteiger partial charge on any atom is 0.357 e. The smallest absolute Gasteiger partial charge is 0.357 e. The molecule has 0 bridgehead atoms. The van der Waals surface area contributed by atoms with Crippen LogP contribution in [0.3, 0.4) is 0 Å². The molecule has 1 heterocycles. The van der Waals surface area contributed by atoms with Gasteiger partial charge in [-0.1, -0.05) is 0 Å². The van der Waals surface area contributed by atoms with Crippen molar-refractivity contribution in [3.63, 3.8) is 0 Å². The molecule has 15 heavy (non-hydrogen) atoms. The minimum Gasteiger partial charge on any atom is -0.461 e. The van der Waals surface area contributed by atoms with Crippen molar-refractivity contribution < 1.29 is 14.3 Å². The minimum absolute atomic E-state index is 0.341. The molecule has 0 atom stereocenters. The molecule has 0 saturated heterocycles. The highest BCUT2D eigenvalue weighted by Gasteiger charge is 2.10. The maximum absolute atomic E-state index is 11.3. The van der Waals surface area contributed by atoms with Gasteiger partial charge in [0.2, 0.25) is 0 Å². The summed E-state index contributed by atoms with van der Waals surface area (Å²) in [6, 6.07) is 0. The molecule has 0 fully saturated rings. The molecule has 0 amide bonds. The van der Waals surface area contributed by atoms with E-state index in [2.05, 4.69) is 4.98 Å². The molecule has 4 nitrogen and oxygen atoms in total. The van der Waals surface area contributed by atoms with E-state index in [0.29, 0.717) is 18.9 Å². The number of rotatable bonds is 6. The summed E-state index contributed by atoms with van der Waals surface area (Å²) in [5.74, 6) is -0.341. The lowest BCUT2D eigenvalue weighted by atomic mass is 10.3. The summed E-state index contributed by atoms with van der Waals surface area (Å²) in [5.41, 5.74) is 0.411. The first kappa shape index (κ1) is 12.1. The summed E-state index contributed by atoms with van der Waals surface area (Å²) >= 11 is 1.49. The van der Waals surface area contributed by atoms with Crippen LogP contribution in [0, 0.1) is 0 Å². The molecule has 84 valence electrons. The first-order valence-electron chi connectivity index (χ1n) is 4.88. The molecule has 1 rings (SSSR count). The number of esters is 1. The average molecular weight is 229 g/mol. The predicted octanol–water partition coefficient (Wildman–Crippen LogP) is 1.90. The van der Waals surface area contributed by atoms with Crippen molar-refractivity contribution in [2.24, 2.45) is 0 Å². The molecule has 1 aromatic heterocycles. The number of carbonyl (C=O) groups is 1. The molecule has 0 aliphatic heterocycles. The second kappa shape index (κ2) is 6.53. The zero-order chi connectivity index (χ0) is 11.1. The van der Waals surface area contributed by atoms with Gasteiger partial charge in [0, 0.05) is 25.5 Å². The summed E-state index contributed by atoms with van der Waals surface area (Å²) in [6.07, 6.45) is 1.77. The first-order chi connectivity index (χ1) is 7.27. The number of hydrogen-bond acceptors (Lipinski definition) is 5. The van der Waals surface area contributed by atoms with E-state index in [1.807, 2.05) is 0 Å². The van der Waals surface area contributed by atoms with Gasteiger partial charge in [-0.2, -0.15) is 0 Å². The van der Waals surface area contributed by atoms with Crippen LogP contribution in [0.2, 0.25) is 0 Å². The van der Waals surface area contributed by atoms with Crippen molar-refractivity contribution in [1.82, 2.24) is 4.98 Å². The SMILES string of the molecule is CCOC(=O)c1csc(CCCOC)n1. The molecule has 0 radical (unpaired) electrons. The summed E-state index contributed by atoms with van der Waals surface area (Å²) in [5, 5.41) is 2.69. The molecule has 0 unspecified atom stereocenters. The van der Waals surface area contributed by atoms with Crippen molar-refractivity contribution in [3.8, 4) is 0 Å². The fourth-order valence-electron chi connectivity index (χ4n) is 1.09. The van der Waals surface area contributed by atoms with Gasteiger partial charge in [0.15, 0.2) is 5.69 Å². The van der Waals surface area contributed by atoms with Crippen LogP contribution in [0.4, 0.5) is 0 Å². The Bertz CT molecular complexity index is 311. The lowest BCUT2D eigenvalue weighted by Crippen LogP contribution is -2.05. The third-order valence-corrected chi connectivity index (χ3v) is 2.68. The highest BCUT2D eigenvalue weighted by Crippen LogP contribution is 2.12. The number of ether oxygens (including phenoxy) is 2. The number of thiazole rings is 1. The Balaban J connectivity index is 2.45. The van der Waals surface area contributed by atoms with Gasteiger partial charge in [-0.15, -0.1) is 11.3 Å². The van der Waals surface area contributed by atoms with Crippen LogP contribution >= 0.6 is 11.3 Å².